The maximum Gasteiger partial charge on any atom is 0.276 e. The molecule has 2 rings (SSSR count). The van der Waals surface area contributed by atoms with Gasteiger partial charge in [0.15, 0.2) is 5.11 Å². The molecule has 2 aromatic carbocycles. The fraction of sp³-hybridized carbons (Fsp3) is 0.111. The maximum atomic E-state index is 11.8. The molecule has 140 valence electrons. The summed E-state index contributed by atoms with van der Waals surface area (Å²) in [4.78, 5) is 22.2. The molecular weight excluding hydrogens is 368 g/mol. The Kier molecular flexibility index (Phi) is 7.26. The fourth-order valence-corrected chi connectivity index (χ4v) is 2.21. The van der Waals surface area contributed by atoms with Gasteiger partial charge in [-0.3, -0.25) is 25.8 Å². The molecule has 0 saturated heterocycles. The number of hydrogen-bond donors (Lipinski definition) is 3. The molecule has 1 amide bonds. The summed E-state index contributed by atoms with van der Waals surface area (Å²) in [6, 6.07) is 13.6. The molecule has 0 aliphatic carbocycles. The number of rotatable bonds is 6. The van der Waals surface area contributed by atoms with Crippen LogP contribution in [-0.2, 0) is 11.3 Å². The molecule has 3 N–H and O–H groups in total. The Morgan fingerprint density at radius 2 is 1.89 bits per heavy atom. The normalized spacial score (nSPS) is 10.3. The lowest BCUT2D eigenvalue weighted by Gasteiger charge is -2.10. The molecule has 0 aromatic heterocycles. The van der Waals surface area contributed by atoms with Gasteiger partial charge in [0, 0.05) is 18.7 Å². The van der Waals surface area contributed by atoms with Gasteiger partial charge in [0.25, 0.3) is 11.6 Å². The minimum Gasteiger partial charge on any atom is -0.497 e. The van der Waals surface area contributed by atoms with Crippen molar-refractivity contribution in [1.82, 2.24) is 16.2 Å². The monoisotopic (exact) mass is 386 g/mol. The van der Waals surface area contributed by atoms with Crippen molar-refractivity contribution in [2.75, 3.05) is 7.11 Å². The van der Waals surface area contributed by atoms with E-state index in [1.165, 1.54) is 18.2 Å². The SMILES string of the molecule is COc1ccc(CNC(=S)NNC(=O)/C=C/c2ccccc2[N+](=O)[O-])cc1. The lowest BCUT2D eigenvalue weighted by Crippen LogP contribution is -2.45. The maximum absolute atomic E-state index is 11.8. The van der Waals surface area contributed by atoms with E-state index in [2.05, 4.69) is 16.2 Å². The summed E-state index contributed by atoms with van der Waals surface area (Å²) in [5.41, 5.74) is 6.19. The van der Waals surface area contributed by atoms with Gasteiger partial charge in [-0.15, -0.1) is 0 Å². The van der Waals surface area contributed by atoms with Crippen LogP contribution in [0.25, 0.3) is 6.08 Å². The van der Waals surface area contributed by atoms with Gasteiger partial charge in [0.05, 0.1) is 17.6 Å². The number of carbonyl (C=O) groups excluding carboxylic acids is 1. The number of nitro benzene ring substituents is 1. The summed E-state index contributed by atoms with van der Waals surface area (Å²) in [5.74, 6) is 0.263. The molecule has 2 aromatic rings. The second-order valence-corrected chi connectivity index (χ2v) is 5.70. The Balaban J connectivity index is 1.79. The van der Waals surface area contributed by atoms with Crippen molar-refractivity contribution in [3.8, 4) is 5.75 Å². The number of nitrogens with zero attached hydrogens (tertiary/aromatic N) is 1. The van der Waals surface area contributed by atoms with Crippen molar-refractivity contribution in [2.24, 2.45) is 0 Å². The molecule has 0 fully saturated rings. The van der Waals surface area contributed by atoms with Crippen molar-refractivity contribution >= 4 is 35.0 Å². The highest BCUT2D eigenvalue weighted by molar-refractivity contribution is 7.80. The summed E-state index contributed by atoms with van der Waals surface area (Å²) in [5, 5.41) is 14.1. The average Bonchev–Trinajstić information content (AvgIpc) is 2.69. The molecular formula is C18H18N4O4S. The number of hydrazine groups is 1. The van der Waals surface area contributed by atoms with E-state index in [0.29, 0.717) is 12.1 Å². The Labute approximate surface area is 161 Å². The zero-order valence-corrected chi connectivity index (χ0v) is 15.3. The largest absolute Gasteiger partial charge is 0.497 e. The van der Waals surface area contributed by atoms with Gasteiger partial charge in [-0.1, -0.05) is 24.3 Å². The standard InChI is InChI=1S/C18H18N4O4S/c1-26-15-9-6-13(7-10-15)12-19-18(27)21-20-17(23)11-8-14-4-2-3-5-16(14)22(24)25/h2-11H,12H2,1H3,(H,20,23)(H2,19,21,27)/b11-8+. The highest BCUT2D eigenvalue weighted by atomic mass is 32.1. The number of benzene rings is 2. The third kappa shape index (κ3) is 6.40. The van der Waals surface area contributed by atoms with Gasteiger partial charge in [-0.25, -0.2) is 0 Å². The smallest absolute Gasteiger partial charge is 0.276 e. The second-order valence-electron chi connectivity index (χ2n) is 5.29. The third-order valence-electron chi connectivity index (χ3n) is 3.46. The minimum absolute atomic E-state index is 0.0776. The number of hydrogen-bond acceptors (Lipinski definition) is 5. The Morgan fingerprint density at radius 3 is 2.56 bits per heavy atom. The molecule has 0 aliphatic rings. The van der Waals surface area contributed by atoms with E-state index >= 15 is 0 Å². The summed E-state index contributed by atoms with van der Waals surface area (Å²) in [6.45, 7) is 0.470. The van der Waals surface area contributed by atoms with Crippen molar-refractivity contribution < 1.29 is 14.5 Å². The van der Waals surface area contributed by atoms with Crippen LogP contribution in [0.4, 0.5) is 5.69 Å². The molecule has 0 aliphatic heterocycles. The summed E-state index contributed by atoms with van der Waals surface area (Å²) in [7, 11) is 1.60. The van der Waals surface area contributed by atoms with E-state index in [-0.39, 0.29) is 10.8 Å². The van der Waals surface area contributed by atoms with Gasteiger partial charge >= 0.3 is 0 Å². The number of nitro groups is 1. The number of nitrogens with one attached hydrogen (secondary N) is 3. The van der Waals surface area contributed by atoms with E-state index < -0.39 is 10.8 Å². The first-order valence-corrected chi connectivity index (χ1v) is 8.28. The first-order chi connectivity index (χ1) is 13.0. The number of para-hydroxylation sites is 1. The van der Waals surface area contributed by atoms with Crippen LogP contribution in [0.15, 0.2) is 54.6 Å². The first kappa shape index (κ1) is 19.9. The molecule has 8 nitrogen and oxygen atoms in total. The van der Waals surface area contributed by atoms with Crippen LogP contribution >= 0.6 is 12.2 Å². The minimum atomic E-state index is -0.506. The molecule has 0 heterocycles. The number of ether oxygens (including phenoxy) is 1. The molecule has 9 heteroatoms. The van der Waals surface area contributed by atoms with Gasteiger partial charge in [0.1, 0.15) is 5.75 Å². The lowest BCUT2D eigenvalue weighted by molar-refractivity contribution is -0.385. The summed E-state index contributed by atoms with van der Waals surface area (Å²) < 4.78 is 5.09. The van der Waals surface area contributed by atoms with Crippen molar-refractivity contribution in [2.45, 2.75) is 6.54 Å². The lowest BCUT2D eigenvalue weighted by atomic mass is 10.1. The van der Waals surface area contributed by atoms with Gasteiger partial charge < -0.3 is 10.1 Å². The zero-order chi connectivity index (χ0) is 19.6. The first-order valence-electron chi connectivity index (χ1n) is 7.88. The number of thiocarbonyl (C=S) groups is 1. The number of amides is 1. The predicted octanol–water partition coefficient (Wildman–Crippen LogP) is 2.31. The number of methoxy groups -OCH3 is 1. The Morgan fingerprint density at radius 1 is 1.19 bits per heavy atom. The molecule has 0 saturated carbocycles. The topological polar surface area (TPSA) is 106 Å². The van der Waals surface area contributed by atoms with Crippen LogP contribution in [0.1, 0.15) is 11.1 Å². The highest BCUT2D eigenvalue weighted by Gasteiger charge is 2.09. The zero-order valence-electron chi connectivity index (χ0n) is 14.5. The quantitative estimate of drug-likeness (QED) is 0.303. The van der Waals surface area contributed by atoms with E-state index in [9.17, 15) is 14.9 Å². The predicted molar refractivity (Wildman–Crippen MR) is 106 cm³/mol. The molecule has 0 atom stereocenters. The highest BCUT2D eigenvalue weighted by Crippen LogP contribution is 2.18. The third-order valence-corrected chi connectivity index (χ3v) is 3.71. The van der Waals surface area contributed by atoms with Crippen LogP contribution in [-0.4, -0.2) is 23.1 Å². The van der Waals surface area contributed by atoms with E-state index in [1.54, 1.807) is 25.3 Å². The van der Waals surface area contributed by atoms with Gasteiger partial charge in [-0.05, 0) is 42.1 Å². The molecule has 0 bridgehead atoms. The summed E-state index contributed by atoms with van der Waals surface area (Å²) in [6.07, 6.45) is 2.55. The number of carbonyl (C=O) groups is 1. The van der Waals surface area contributed by atoms with Crippen LogP contribution in [0.3, 0.4) is 0 Å². The van der Waals surface area contributed by atoms with E-state index in [0.717, 1.165) is 11.3 Å². The second kappa shape index (κ2) is 9.88. The van der Waals surface area contributed by atoms with E-state index in [4.69, 9.17) is 17.0 Å². The van der Waals surface area contributed by atoms with Crippen molar-refractivity contribution in [3.63, 3.8) is 0 Å². The fourth-order valence-electron chi connectivity index (χ4n) is 2.09. The van der Waals surface area contributed by atoms with Crippen LogP contribution < -0.4 is 20.9 Å². The van der Waals surface area contributed by atoms with Crippen LogP contribution in [0.2, 0.25) is 0 Å². The molecule has 27 heavy (non-hydrogen) atoms. The van der Waals surface area contributed by atoms with Gasteiger partial charge in [0.2, 0.25) is 0 Å². The molecule has 0 spiro atoms. The summed E-state index contributed by atoms with van der Waals surface area (Å²) >= 11 is 5.08. The van der Waals surface area contributed by atoms with Crippen molar-refractivity contribution in [1.29, 1.82) is 0 Å². The van der Waals surface area contributed by atoms with Crippen LogP contribution in [0, 0.1) is 10.1 Å². The Hall–Kier alpha value is -3.46. The van der Waals surface area contributed by atoms with Gasteiger partial charge in [-0.2, -0.15) is 0 Å². The molecule has 0 radical (unpaired) electrons. The van der Waals surface area contributed by atoms with E-state index in [1.807, 2.05) is 24.3 Å². The molecule has 0 unspecified atom stereocenters. The van der Waals surface area contributed by atoms with Crippen molar-refractivity contribution in [3.05, 3.63) is 75.8 Å². The Bertz CT molecular complexity index is 853. The van der Waals surface area contributed by atoms with Crippen LogP contribution in [0.5, 0.6) is 5.75 Å². The average molecular weight is 386 g/mol.